The zero-order valence-corrected chi connectivity index (χ0v) is 40.2. The maximum atomic E-state index is 14.0. The van der Waals surface area contributed by atoms with Crippen molar-refractivity contribution in [1.82, 2.24) is 30.8 Å². The van der Waals surface area contributed by atoms with E-state index in [1.54, 1.807) is 48.8 Å². The fourth-order valence-corrected chi connectivity index (χ4v) is 9.52. The number of unbranched alkanes of at least 4 members (excludes halogenated alkanes) is 2. The Morgan fingerprint density at radius 3 is 2.28 bits per heavy atom. The minimum atomic E-state index is -0.954. The van der Waals surface area contributed by atoms with Crippen molar-refractivity contribution in [3.05, 3.63) is 107 Å². The van der Waals surface area contributed by atoms with E-state index in [2.05, 4.69) is 65.0 Å². The number of amides is 4. The van der Waals surface area contributed by atoms with E-state index in [0.717, 1.165) is 36.1 Å². The highest BCUT2D eigenvalue weighted by Gasteiger charge is 2.64. The third-order valence-corrected chi connectivity index (χ3v) is 12.9. The average molecular weight is 936 g/mol. The van der Waals surface area contributed by atoms with Crippen LogP contribution in [0.25, 0.3) is 11.4 Å². The molecule has 5 N–H and O–H groups in total. The van der Waals surface area contributed by atoms with Gasteiger partial charge in [-0.1, -0.05) is 84.3 Å². The fraction of sp³-hybridized carbons (Fsp3) is 0.471. The number of likely N-dealkylation sites (tertiary alicyclic amines) is 1. The van der Waals surface area contributed by atoms with Gasteiger partial charge in [0.05, 0.1) is 16.7 Å². The number of benzene rings is 3. The minimum absolute atomic E-state index is 0.0189. The van der Waals surface area contributed by atoms with E-state index in [9.17, 15) is 29.5 Å². The highest BCUT2D eigenvalue weighted by Crippen LogP contribution is 2.55. The molecule has 1 aliphatic heterocycles. The highest BCUT2D eigenvalue weighted by molar-refractivity contribution is 6.31. The maximum Gasteiger partial charge on any atom is 0.251 e. The first kappa shape index (κ1) is 50.3. The van der Waals surface area contributed by atoms with Gasteiger partial charge in [-0.3, -0.25) is 19.2 Å². The molecule has 1 saturated carbocycles. The van der Waals surface area contributed by atoms with E-state index in [-0.39, 0.29) is 60.9 Å². The lowest BCUT2D eigenvalue weighted by Crippen LogP contribution is -2.74. The Morgan fingerprint density at radius 2 is 1.64 bits per heavy atom. The Balaban J connectivity index is 0.877. The molecule has 16 heteroatoms. The van der Waals surface area contributed by atoms with Crippen LogP contribution < -0.4 is 26.0 Å². The molecule has 1 saturated heterocycles. The predicted octanol–water partition coefficient (Wildman–Crippen LogP) is 6.69. The number of aliphatic hydroxyl groups is 1. The molecule has 15 nitrogen and oxygen atoms in total. The van der Waals surface area contributed by atoms with Gasteiger partial charge in [0.15, 0.2) is 5.82 Å². The van der Waals surface area contributed by atoms with Gasteiger partial charge in [-0.2, -0.15) is 5.26 Å². The first-order valence-corrected chi connectivity index (χ1v) is 23.2. The molecule has 3 aromatic carbocycles. The summed E-state index contributed by atoms with van der Waals surface area (Å²) in [5.74, 6) is -0.258. The number of hydrogen-bond donors (Lipinski definition) is 5. The molecule has 4 amide bonds. The van der Waals surface area contributed by atoms with Crippen molar-refractivity contribution < 1.29 is 33.8 Å². The van der Waals surface area contributed by atoms with Gasteiger partial charge in [0, 0.05) is 84.8 Å². The molecular weight excluding hydrogens is 872 g/mol. The fourth-order valence-electron chi connectivity index (χ4n) is 9.30. The van der Waals surface area contributed by atoms with Gasteiger partial charge in [-0.15, -0.1) is 0 Å². The number of nitrogens with one attached hydrogen (secondary N) is 4. The zero-order valence-electron chi connectivity index (χ0n) is 39.4. The van der Waals surface area contributed by atoms with Crippen molar-refractivity contribution in [2.75, 3.05) is 31.6 Å². The van der Waals surface area contributed by atoms with E-state index in [1.165, 1.54) is 4.90 Å². The van der Waals surface area contributed by atoms with Crippen LogP contribution in [0.3, 0.4) is 0 Å². The Bertz CT molecular complexity index is 2390. The van der Waals surface area contributed by atoms with Crippen LogP contribution in [0, 0.1) is 27.6 Å². The normalized spacial score (nSPS) is 19.9. The van der Waals surface area contributed by atoms with Gasteiger partial charge < -0.3 is 40.7 Å². The molecule has 0 unspecified atom stereocenters. The second-order valence-corrected chi connectivity index (χ2v) is 20.1. The standard InChI is InChI=1S/C51H63ClN8O7/c1-49(2,3)42(46(65)60-30-37(61)26-40(60)45(64)57-29-32-12-14-33(15-13-32)43-55-23-11-24-56-43)58-41(62)31-66-25-10-8-9-22-54-36-19-16-34(17-20-36)44(63)59-47-50(4,5)48(51(47,6)7)67-38-21-18-35(28-53)39(52)27-38/h11-21,23-24,27,37,40,42,47-48,54,61H,8-10,22,25-26,29-31H2,1-7H3,(H,57,64)(H,58,62)(H,59,63)/t37-,40+,42-,47-,48-/m1/s1. The number of halogens is 1. The molecular formula is C51H63ClN8O7. The van der Waals surface area contributed by atoms with E-state index in [0.29, 0.717) is 40.9 Å². The molecule has 2 fully saturated rings. The lowest BCUT2D eigenvalue weighted by Gasteiger charge is -2.63. The van der Waals surface area contributed by atoms with Crippen LogP contribution in [0.15, 0.2) is 85.2 Å². The number of aromatic nitrogens is 2. The molecule has 2 aliphatic rings. The van der Waals surface area contributed by atoms with Crippen molar-refractivity contribution in [3.8, 4) is 23.2 Å². The van der Waals surface area contributed by atoms with Crippen LogP contribution in [0.1, 0.15) is 95.6 Å². The quantitative estimate of drug-likeness (QED) is 0.0626. The van der Waals surface area contributed by atoms with Gasteiger partial charge in [0.2, 0.25) is 17.7 Å². The van der Waals surface area contributed by atoms with Crippen molar-refractivity contribution in [2.45, 2.75) is 111 Å². The minimum Gasteiger partial charge on any atom is -0.489 e. The van der Waals surface area contributed by atoms with Crippen LogP contribution in [0.4, 0.5) is 5.69 Å². The Morgan fingerprint density at radius 1 is 0.955 bits per heavy atom. The monoisotopic (exact) mass is 934 g/mol. The third kappa shape index (κ3) is 12.5. The summed E-state index contributed by atoms with van der Waals surface area (Å²) in [5.41, 5.74) is 2.07. The second-order valence-electron chi connectivity index (χ2n) is 19.7. The summed E-state index contributed by atoms with van der Waals surface area (Å²) in [6.45, 7) is 14.8. The number of nitrogens with zero attached hydrogens (tertiary/aromatic N) is 4. The van der Waals surface area contributed by atoms with Gasteiger partial charge in [0.1, 0.15) is 36.6 Å². The molecule has 0 spiro atoms. The topological polar surface area (TPSA) is 208 Å². The second kappa shape index (κ2) is 21.7. The molecule has 1 aromatic heterocycles. The van der Waals surface area contributed by atoms with Gasteiger partial charge in [-0.05, 0) is 72.7 Å². The largest absolute Gasteiger partial charge is 0.489 e. The van der Waals surface area contributed by atoms with Gasteiger partial charge >= 0.3 is 0 Å². The number of rotatable bonds is 19. The number of ether oxygens (including phenoxy) is 2. The number of hydrogen-bond acceptors (Lipinski definition) is 11. The van der Waals surface area contributed by atoms with E-state index in [1.807, 2.05) is 57.2 Å². The average Bonchev–Trinajstić information content (AvgIpc) is 3.70. The van der Waals surface area contributed by atoms with Crippen molar-refractivity contribution in [2.24, 2.45) is 16.2 Å². The van der Waals surface area contributed by atoms with Crippen molar-refractivity contribution in [3.63, 3.8) is 0 Å². The molecule has 4 aromatic rings. The summed E-state index contributed by atoms with van der Waals surface area (Å²) < 4.78 is 12.0. The summed E-state index contributed by atoms with van der Waals surface area (Å²) in [7, 11) is 0. The lowest BCUT2D eigenvalue weighted by molar-refractivity contribution is -0.164. The van der Waals surface area contributed by atoms with Crippen LogP contribution in [0.5, 0.6) is 5.75 Å². The Kier molecular flexibility index (Phi) is 16.3. The lowest BCUT2D eigenvalue weighted by atomic mass is 9.49. The number of β-amino-alcohol motifs (C(OH)–C–C–N with tert-alkyl or cyclic N) is 1. The number of carbonyl (C=O) groups excluding carboxylic acids is 4. The van der Waals surface area contributed by atoms with E-state index in [4.69, 9.17) is 21.1 Å². The SMILES string of the molecule is CC(C)(C)[C@H](NC(=O)COCCCCCNc1ccc(C(=O)N[C@H]2C(C)(C)[C@H](Oc3ccc(C#N)c(Cl)c3)C2(C)C)cc1)C(=O)N1C[C@H](O)C[C@H]1C(=O)NCc1ccc(-c2ncccn2)cc1. The summed E-state index contributed by atoms with van der Waals surface area (Å²) in [6.07, 6.45) is 4.78. The first-order valence-electron chi connectivity index (χ1n) is 22.8. The number of nitriles is 1. The van der Waals surface area contributed by atoms with Crippen LogP contribution >= 0.6 is 11.6 Å². The van der Waals surface area contributed by atoms with Crippen molar-refractivity contribution >= 4 is 40.9 Å². The molecule has 67 heavy (non-hydrogen) atoms. The summed E-state index contributed by atoms with van der Waals surface area (Å²) >= 11 is 6.24. The van der Waals surface area contributed by atoms with Crippen molar-refractivity contribution in [1.29, 1.82) is 5.26 Å². The summed E-state index contributed by atoms with van der Waals surface area (Å²) in [6, 6.07) is 21.7. The third-order valence-electron chi connectivity index (χ3n) is 12.6. The highest BCUT2D eigenvalue weighted by atomic mass is 35.5. The van der Waals surface area contributed by atoms with E-state index < -0.39 is 35.4 Å². The molecule has 0 radical (unpaired) electrons. The number of carbonyl (C=O) groups is 4. The predicted molar refractivity (Wildman–Crippen MR) is 256 cm³/mol. The Labute approximate surface area is 398 Å². The number of aliphatic hydroxyl groups excluding tert-OH is 1. The molecule has 2 heterocycles. The molecule has 356 valence electrons. The summed E-state index contributed by atoms with van der Waals surface area (Å²) in [5, 5.41) is 32.4. The molecule has 0 bridgehead atoms. The molecule has 6 rings (SSSR count). The van der Waals surface area contributed by atoms with Crippen LogP contribution in [-0.4, -0.2) is 100 Å². The van der Waals surface area contributed by atoms with Gasteiger partial charge in [-0.25, -0.2) is 9.97 Å². The molecule has 1 aliphatic carbocycles. The summed E-state index contributed by atoms with van der Waals surface area (Å²) in [4.78, 5) is 63.7. The van der Waals surface area contributed by atoms with Crippen LogP contribution in [-0.2, 0) is 25.7 Å². The molecule has 3 atom stereocenters. The number of anilines is 1. The van der Waals surface area contributed by atoms with Gasteiger partial charge in [0.25, 0.3) is 5.91 Å². The first-order chi connectivity index (χ1) is 31.8. The van der Waals surface area contributed by atoms with E-state index >= 15 is 0 Å². The Hall–Kier alpha value is -6.08. The zero-order chi connectivity index (χ0) is 48.5. The van der Waals surface area contributed by atoms with Crippen LogP contribution in [0.2, 0.25) is 5.02 Å². The smallest absolute Gasteiger partial charge is 0.251 e. The maximum absolute atomic E-state index is 14.0.